The first-order valence-electron chi connectivity index (χ1n) is 6.68. The smallest absolute Gasteiger partial charge is 0.129 e. The molecule has 0 saturated heterocycles. The fourth-order valence-electron chi connectivity index (χ4n) is 1.95. The van der Waals surface area contributed by atoms with Crippen LogP contribution in [0.2, 0.25) is 19.6 Å². The lowest BCUT2D eigenvalue weighted by Gasteiger charge is -2.18. The molecule has 0 atom stereocenters. The first kappa shape index (κ1) is 13.8. The molecule has 100 valence electrons. The van der Waals surface area contributed by atoms with Crippen LogP contribution in [0.15, 0.2) is 42.2 Å². The number of hydrogen-bond acceptors (Lipinski definition) is 2. The summed E-state index contributed by atoms with van der Waals surface area (Å²) >= 11 is 0. The molecule has 0 aromatic heterocycles. The van der Waals surface area contributed by atoms with Crippen molar-refractivity contribution in [1.82, 2.24) is 9.80 Å². The third-order valence-corrected chi connectivity index (χ3v) is 3.78. The van der Waals surface area contributed by atoms with Gasteiger partial charge in [0.1, 0.15) is 13.8 Å². The molecule has 0 fully saturated rings. The molecular formula is C16H22N2Si. The summed E-state index contributed by atoms with van der Waals surface area (Å²) in [5.41, 5.74) is 5.91. The number of benzene rings is 1. The van der Waals surface area contributed by atoms with Gasteiger partial charge in [-0.1, -0.05) is 55.9 Å². The van der Waals surface area contributed by atoms with Gasteiger partial charge in [-0.05, 0) is 5.56 Å². The van der Waals surface area contributed by atoms with Gasteiger partial charge in [0.15, 0.2) is 0 Å². The summed E-state index contributed by atoms with van der Waals surface area (Å²) in [6, 6.07) is 10.6. The molecule has 3 heteroatoms. The van der Waals surface area contributed by atoms with Crippen molar-refractivity contribution in [2.45, 2.75) is 26.2 Å². The van der Waals surface area contributed by atoms with Crippen molar-refractivity contribution in [3.8, 4) is 11.5 Å². The van der Waals surface area contributed by atoms with Gasteiger partial charge >= 0.3 is 0 Å². The highest BCUT2D eigenvalue weighted by molar-refractivity contribution is 6.83. The van der Waals surface area contributed by atoms with E-state index < -0.39 is 8.07 Å². The number of allylic oxidation sites excluding steroid dienone is 1. The van der Waals surface area contributed by atoms with Crippen molar-refractivity contribution in [3.05, 3.63) is 47.8 Å². The van der Waals surface area contributed by atoms with Gasteiger partial charge in [0.25, 0.3) is 0 Å². The van der Waals surface area contributed by atoms with Gasteiger partial charge in [-0.2, -0.15) is 0 Å². The van der Waals surface area contributed by atoms with Crippen LogP contribution in [0.1, 0.15) is 5.56 Å². The summed E-state index contributed by atoms with van der Waals surface area (Å²) in [5, 5.41) is 0. The van der Waals surface area contributed by atoms with Gasteiger partial charge in [0.2, 0.25) is 0 Å². The molecule has 0 aliphatic carbocycles. The van der Waals surface area contributed by atoms with E-state index in [2.05, 4.69) is 84.5 Å². The largest absolute Gasteiger partial charge is 0.353 e. The predicted molar refractivity (Wildman–Crippen MR) is 83.8 cm³/mol. The zero-order valence-corrected chi connectivity index (χ0v) is 13.3. The number of rotatable bonds is 2. The van der Waals surface area contributed by atoms with Crippen LogP contribution < -0.4 is 0 Å². The van der Waals surface area contributed by atoms with Crippen LogP contribution in [-0.2, 0) is 6.54 Å². The molecule has 1 aromatic carbocycles. The van der Waals surface area contributed by atoms with Gasteiger partial charge in [-0.15, -0.1) is 5.54 Å². The van der Waals surface area contributed by atoms with Gasteiger partial charge < -0.3 is 9.80 Å². The van der Waals surface area contributed by atoms with Crippen LogP contribution in [-0.4, -0.2) is 31.6 Å². The quantitative estimate of drug-likeness (QED) is 0.602. The maximum absolute atomic E-state index is 3.43. The molecule has 0 N–H and O–H groups in total. The molecule has 0 spiro atoms. The van der Waals surface area contributed by atoms with E-state index in [0.717, 1.165) is 18.9 Å². The molecule has 0 unspecified atom stereocenters. The Labute approximate surface area is 117 Å². The maximum atomic E-state index is 3.43. The standard InChI is InChI=1S/C16H22N2Si/c1-17-14-18(12-15-8-6-5-7-9-15)13-16(17)10-11-19(2,3)4/h5-9,13H,12,14H2,1-4H3. The zero-order chi connectivity index (χ0) is 13.9. The molecule has 0 bridgehead atoms. The van der Waals surface area contributed by atoms with E-state index in [0.29, 0.717) is 0 Å². The molecule has 1 heterocycles. The number of nitrogens with zero attached hydrogens (tertiary/aromatic N) is 2. The van der Waals surface area contributed by atoms with Gasteiger partial charge in [0.05, 0.1) is 6.67 Å². The van der Waals surface area contributed by atoms with Crippen LogP contribution in [0, 0.1) is 11.5 Å². The summed E-state index contributed by atoms with van der Waals surface area (Å²) in [5.74, 6) is 3.34. The maximum Gasteiger partial charge on any atom is 0.129 e. The Bertz CT molecular complexity index is 517. The van der Waals surface area contributed by atoms with E-state index in [-0.39, 0.29) is 0 Å². The fourth-order valence-corrected chi connectivity index (χ4v) is 2.46. The molecule has 1 aliphatic rings. The average molecular weight is 270 g/mol. The van der Waals surface area contributed by atoms with Crippen LogP contribution in [0.4, 0.5) is 0 Å². The van der Waals surface area contributed by atoms with Crippen LogP contribution >= 0.6 is 0 Å². The SMILES string of the molecule is CN1CN(Cc2ccccc2)C=C1C#C[Si](C)(C)C. The summed E-state index contributed by atoms with van der Waals surface area (Å²) in [6.07, 6.45) is 2.18. The van der Waals surface area contributed by atoms with E-state index in [9.17, 15) is 0 Å². The lowest BCUT2D eigenvalue weighted by Crippen LogP contribution is -2.23. The lowest BCUT2D eigenvalue weighted by molar-refractivity contribution is 0.286. The van der Waals surface area contributed by atoms with Crippen molar-refractivity contribution < 1.29 is 0 Å². The Kier molecular flexibility index (Phi) is 4.01. The highest BCUT2D eigenvalue weighted by Gasteiger charge is 2.16. The second kappa shape index (κ2) is 5.54. The molecule has 0 radical (unpaired) electrons. The Hall–Kier alpha value is -1.66. The molecule has 0 saturated carbocycles. The third kappa shape index (κ3) is 4.18. The highest BCUT2D eigenvalue weighted by atomic mass is 28.3. The van der Waals surface area contributed by atoms with Crippen LogP contribution in [0.3, 0.4) is 0 Å². The van der Waals surface area contributed by atoms with Crippen molar-refractivity contribution in [2.24, 2.45) is 0 Å². The third-order valence-electron chi connectivity index (χ3n) is 2.90. The summed E-state index contributed by atoms with van der Waals surface area (Å²) in [7, 11) is 0.809. The first-order chi connectivity index (χ1) is 8.94. The molecule has 0 amide bonds. The van der Waals surface area contributed by atoms with Gasteiger partial charge in [-0.3, -0.25) is 0 Å². The van der Waals surface area contributed by atoms with Gasteiger partial charge in [0, 0.05) is 19.8 Å². The molecule has 2 nitrogen and oxygen atoms in total. The minimum absolute atomic E-state index is 0.921. The highest BCUT2D eigenvalue weighted by Crippen LogP contribution is 2.16. The van der Waals surface area contributed by atoms with Crippen LogP contribution in [0.5, 0.6) is 0 Å². The Morgan fingerprint density at radius 1 is 1.16 bits per heavy atom. The minimum atomic E-state index is -1.30. The molecule has 2 rings (SSSR count). The Morgan fingerprint density at radius 2 is 1.84 bits per heavy atom. The van der Waals surface area contributed by atoms with E-state index in [4.69, 9.17) is 0 Å². The topological polar surface area (TPSA) is 6.48 Å². The van der Waals surface area contributed by atoms with Crippen molar-refractivity contribution in [2.75, 3.05) is 13.7 Å². The van der Waals surface area contributed by atoms with E-state index in [1.807, 2.05) is 0 Å². The van der Waals surface area contributed by atoms with Crippen LogP contribution in [0.25, 0.3) is 0 Å². The normalized spacial score (nSPS) is 15.1. The lowest BCUT2D eigenvalue weighted by atomic mass is 10.2. The predicted octanol–water partition coefficient (Wildman–Crippen LogP) is 3.11. The second-order valence-corrected chi connectivity index (χ2v) is 10.8. The first-order valence-corrected chi connectivity index (χ1v) is 10.2. The Morgan fingerprint density at radius 3 is 2.47 bits per heavy atom. The Balaban J connectivity index is 2.06. The summed E-state index contributed by atoms with van der Waals surface area (Å²) < 4.78 is 0. The van der Waals surface area contributed by atoms with Crippen molar-refractivity contribution in [3.63, 3.8) is 0 Å². The molecule has 19 heavy (non-hydrogen) atoms. The van der Waals surface area contributed by atoms with E-state index >= 15 is 0 Å². The van der Waals surface area contributed by atoms with E-state index in [1.165, 1.54) is 5.56 Å². The summed E-state index contributed by atoms with van der Waals surface area (Å²) in [4.78, 5) is 4.53. The number of hydrogen-bond donors (Lipinski definition) is 0. The van der Waals surface area contributed by atoms with Gasteiger partial charge in [-0.25, -0.2) is 0 Å². The van der Waals surface area contributed by atoms with E-state index in [1.54, 1.807) is 0 Å². The monoisotopic (exact) mass is 270 g/mol. The molecular weight excluding hydrogens is 248 g/mol. The zero-order valence-electron chi connectivity index (χ0n) is 12.3. The summed E-state index contributed by atoms with van der Waals surface area (Å²) in [6.45, 7) is 8.69. The van der Waals surface area contributed by atoms with Crippen molar-refractivity contribution >= 4 is 8.07 Å². The van der Waals surface area contributed by atoms with Crippen molar-refractivity contribution in [1.29, 1.82) is 0 Å². The molecule has 1 aromatic rings. The minimum Gasteiger partial charge on any atom is -0.353 e. The molecule has 1 aliphatic heterocycles. The fraction of sp³-hybridized carbons (Fsp3) is 0.375. The second-order valence-electron chi connectivity index (χ2n) is 6.09. The average Bonchev–Trinajstić information content (AvgIpc) is 2.67.